The first-order valence-corrected chi connectivity index (χ1v) is 14.5. The number of fused-ring (bicyclic) bond motifs is 9. The van der Waals surface area contributed by atoms with Crippen molar-refractivity contribution in [1.29, 1.82) is 0 Å². The molecule has 5 aliphatic rings. The van der Waals surface area contributed by atoms with Gasteiger partial charge in [0.1, 0.15) is 5.69 Å². The minimum absolute atomic E-state index is 0.0749. The Labute approximate surface area is 217 Å². The van der Waals surface area contributed by atoms with Crippen LogP contribution in [-0.4, -0.2) is 42.5 Å². The van der Waals surface area contributed by atoms with E-state index in [1.807, 2.05) is 28.8 Å². The fraction of sp³-hybridized carbons (Fsp3) is 0.600. The van der Waals surface area contributed by atoms with Crippen LogP contribution in [0.2, 0.25) is 0 Å². The molecule has 3 aromatic rings. The number of H-pyrrole nitrogens is 1. The van der Waals surface area contributed by atoms with Crippen LogP contribution in [0.5, 0.6) is 0 Å². The predicted octanol–water partition coefficient (Wildman–Crippen LogP) is 5.06. The maximum absolute atomic E-state index is 14.0. The van der Waals surface area contributed by atoms with Crippen LogP contribution in [-0.2, 0) is 0 Å². The highest BCUT2D eigenvalue weighted by molar-refractivity contribution is 5.77. The topological polar surface area (TPSA) is 83.9 Å². The van der Waals surface area contributed by atoms with E-state index < -0.39 is 5.69 Å². The molecule has 3 aliphatic carbocycles. The van der Waals surface area contributed by atoms with Crippen molar-refractivity contribution in [2.45, 2.75) is 101 Å². The van der Waals surface area contributed by atoms with E-state index in [0.29, 0.717) is 23.3 Å². The quantitative estimate of drug-likeness (QED) is 0.544. The first kappa shape index (κ1) is 23.3. The van der Waals surface area contributed by atoms with Crippen LogP contribution >= 0.6 is 0 Å². The molecule has 7 heteroatoms. The minimum atomic E-state index is -0.423. The number of rotatable bonds is 3. The van der Waals surface area contributed by atoms with Gasteiger partial charge in [-0.2, -0.15) is 0 Å². The molecule has 2 aromatic heterocycles. The lowest BCUT2D eigenvalue weighted by atomic mass is 9.69. The Bertz CT molecular complexity index is 1370. The van der Waals surface area contributed by atoms with Gasteiger partial charge in [0.2, 0.25) is 0 Å². The summed E-state index contributed by atoms with van der Waals surface area (Å²) in [6, 6.07) is 10.0. The van der Waals surface area contributed by atoms with Gasteiger partial charge in [-0.1, -0.05) is 44.2 Å². The van der Waals surface area contributed by atoms with Gasteiger partial charge in [-0.05, 0) is 68.9 Å². The maximum Gasteiger partial charge on any atom is 0.344 e. The molecule has 5 fully saturated rings. The van der Waals surface area contributed by atoms with Gasteiger partial charge in [-0.3, -0.25) is 9.69 Å². The Morgan fingerprint density at radius 1 is 0.838 bits per heavy atom. The van der Waals surface area contributed by atoms with Gasteiger partial charge in [-0.15, -0.1) is 0 Å². The fourth-order valence-electron chi connectivity index (χ4n) is 8.42. The van der Waals surface area contributed by atoms with E-state index in [1.54, 1.807) is 6.20 Å². The molecule has 5 atom stereocenters. The number of aromatic nitrogens is 4. The number of aromatic amines is 1. The molecule has 8 rings (SSSR count). The number of nitrogens with zero attached hydrogens (tertiary/aromatic N) is 4. The summed E-state index contributed by atoms with van der Waals surface area (Å²) in [5.74, 6) is 1.78. The van der Waals surface area contributed by atoms with Crippen LogP contribution in [0.4, 0.5) is 0 Å². The molecular weight excluding hydrogens is 462 g/mol. The summed E-state index contributed by atoms with van der Waals surface area (Å²) < 4.78 is 2.04. The van der Waals surface area contributed by atoms with Gasteiger partial charge < -0.3 is 9.55 Å². The number of piperidine rings is 2. The molecule has 0 spiro atoms. The largest absolute Gasteiger partial charge is 0.344 e. The van der Waals surface area contributed by atoms with Gasteiger partial charge in [0.25, 0.3) is 5.56 Å². The Morgan fingerprint density at radius 2 is 1.65 bits per heavy atom. The SMILES string of the molecule is O=c1ncc(-c2nc3ccccc3n(C3CC4CCCC(C3)N4C3CC4CCCCC3CC4)c2=O)c[nH]1. The van der Waals surface area contributed by atoms with E-state index in [9.17, 15) is 9.59 Å². The third-order valence-electron chi connectivity index (χ3n) is 10.00. The minimum Gasteiger partial charge on any atom is -0.312 e. The zero-order valence-corrected chi connectivity index (χ0v) is 21.5. The second-order valence-electron chi connectivity index (χ2n) is 12.0. The molecular formula is C30H37N5O2. The molecule has 5 unspecified atom stereocenters. The fourth-order valence-corrected chi connectivity index (χ4v) is 8.42. The standard InChI is InChI=1S/C30H37N5O2/c36-29-28(21-17-31-30(37)32-18-21)33-25-10-3-4-11-26(25)35(29)24-15-22-8-5-9-23(16-24)34(22)27-14-19-6-1-2-7-20(27)13-12-19/h3-4,10-11,17-20,22-24,27H,1-2,5-9,12-16H2,(H,31,32,37). The monoisotopic (exact) mass is 499 g/mol. The van der Waals surface area contributed by atoms with Crippen LogP contribution in [0.3, 0.4) is 0 Å². The van der Waals surface area contributed by atoms with Crippen LogP contribution < -0.4 is 11.2 Å². The van der Waals surface area contributed by atoms with Crippen molar-refractivity contribution in [1.82, 2.24) is 24.4 Å². The number of benzene rings is 1. The Morgan fingerprint density at radius 3 is 2.46 bits per heavy atom. The smallest absolute Gasteiger partial charge is 0.312 e. The van der Waals surface area contributed by atoms with Crippen molar-refractivity contribution < 1.29 is 0 Å². The lowest BCUT2D eigenvalue weighted by Gasteiger charge is -2.56. The van der Waals surface area contributed by atoms with Gasteiger partial charge in [-0.25, -0.2) is 14.8 Å². The lowest BCUT2D eigenvalue weighted by molar-refractivity contribution is -0.0603. The number of para-hydroxylation sites is 2. The van der Waals surface area contributed by atoms with Crippen molar-refractivity contribution in [2.24, 2.45) is 11.8 Å². The normalized spacial score (nSPS) is 32.2. The molecule has 4 heterocycles. The second kappa shape index (κ2) is 9.50. The Hall–Kier alpha value is -2.80. The summed E-state index contributed by atoms with van der Waals surface area (Å²) >= 11 is 0. The zero-order chi connectivity index (χ0) is 24.9. The predicted molar refractivity (Wildman–Crippen MR) is 144 cm³/mol. The zero-order valence-electron chi connectivity index (χ0n) is 21.5. The van der Waals surface area contributed by atoms with Crippen LogP contribution in [0.1, 0.15) is 83.1 Å². The molecule has 0 radical (unpaired) electrons. The van der Waals surface area contributed by atoms with Crippen molar-refractivity contribution >= 4 is 11.0 Å². The number of hydrogen-bond donors (Lipinski definition) is 1. The van der Waals surface area contributed by atoms with Crippen molar-refractivity contribution in [3.63, 3.8) is 0 Å². The maximum atomic E-state index is 14.0. The van der Waals surface area contributed by atoms with E-state index in [-0.39, 0.29) is 11.6 Å². The van der Waals surface area contributed by atoms with Gasteiger partial charge in [0, 0.05) is 42.1 Å². The first-order valence-electron chi connectivity index (χ1n) is 14.5. The highest BCUT2D eigenvalue weighted by atomic mass is 16.1. The van der Waals surface area contributed by atoms with Gasteiger partial charge in [0.15, 0.2) is 0 Å². The molecule has 194 valence electrons. The van der Waals surface area contributed by atoms with Gasteiger partial charge >= 0.3 is 5.69 Å². The van der Waals surface area contributed by atoms with Crippen molar-refractivity contribution in [3.8, 4) is 11.3 Å². The average Bonchev–Trinajstić information content (AvgIpc) is 2.88. The van der Waals surface area contributed by atoms with E-state index in [2.05, 4.69) is 14.9 Å². The van der Waals surface area contributed by atoms with Crippen molar-refractivity contribution in [2.75, 3.05) is 0 Å². The molecule has 4 bridgehead atoms. The molecule has 1 aromatic carbocycles. The molecule has 1 N–H and O–H groups in total. The van der Waals surface area contributed by atoms with Crippen LogP contribution in [0, 0.1) is 11.8 Å². The molecule has 3 saturated carbocycles. The molecule has 2 saturated heterocycles. The third-order valence-corrected chi connectivity index (χ3v) is 10.00. The highest BCUT2D eigenvalue weighted by Gasteiger charge is 2.46. The van der Waals surface area contributed by atoms with E-state index in [0.717, 1.165) is 41.8 Å². The Balaban J connectivity index is 1.27. The summed E-state index contributed by atoms with van der Waals surface area (Å²) in [5, 5.41) is 0. The van der Waals surface area contributed by atoms with Gasteiger partial charge in [0.05, 0.1) is 11.0 Å². The van der Waals surface area contributed by atoms with E-state index in [4.69, 9.17) is 4.98 Å². The molecule has 7 nitrogen and oxygen atoms in total. The summed E-state index contributed by atoms with van der Waals surface area (Å²) in [6.45, 7) is 0. The third kappa shape index (κ3) is 4.15. The summed E-state index contributed by atoms with van der Waals surface area (Å²) in [6.07, 6.45) is 18.8. The lowest BCUT2D eigenvalue weighted by Crippen LogP contribution is -2.60. The van der Waals surface area contributed by atoms with Crippen molar-refractivity contribution in [3.05, 3.63) is 57.5 Å². The van der Waals surface area contributed by atoms with E-state index in [1.165, 1.54) is 70.4 Å². The second-order valence-corrected chi connectivity index (χ2v) is 12.0. The molecule has 2 aliphatic heterocycles. The summed E-state index contributed by atoms with van der Waals surface area (Å²) in [5.41, 5.74) is 2.16. The molecule has 37 heavy (non-hydrogen) atoms. The summed E-state index contributed by atoms with van der Waals surface area (Å²) in [4.78, 5) is 39.7. The average molecular weight is 500 g/mol. The number of hydrogen-bond acceptors (Lipinski definition) is 5. The van der Waals surface area contributed by atoms with E-state index >= 15 is 0 Å². The molecule has 0 amide bonds. The van der Waals surface area contributed by atoms with Crippen LogP contribution in [0.15, 0.2) is 46.2 Å². The summed E-state index contributed by atoms with van der Waals surface area (Å²) in [7, 11) is 0. The number of nitrogens with one attached hydrogen (secondary N) is 1. The van der Waals surface area contributed by atoms with Crippen LogP contribution in [0.25, 0.3) is 22.3 Å². The highest BCUT2D eigenvalue weighted by Crippen LogP contribution is 2.47. The first-order chi connectivity index (χ1) is 18.2. The Kier molecular flexibility index (Phi) is 5.99.